The summed E-state index contributed by atoms with van der Waals surface area (Å²) in [6.45, 7) is 4.83. The van der Waals surface area contributed by atoms with Crippen LogP contribution in [0.2, 0.25) is 0 Å². The number of hydrogen-bond donors (Lipinski definition) is 1. The lowest BCUT2D eigenvalue weighted by molar-refractivity contribution is -0.132. The molecule has 1 aromatic carbocycles. The molecule has 1 fully saturated rings. The molecule has 1 aromatic heterocycles. The molecule has 2 heterocycles. The Kier molecular flexibility index (Phi) is 5.76. The standard InChI is InChI=1S/C21H22F2N2O5/c1-11(26)16-9-12(7-8-25(16)28)24-20(27)19-14(10-21(2,3)30-19)13-5-6-15(22)17(23)18(13)29-4/h5-9,14,19,28H,10H2,1-4H3/t14-,19+/m1/s1. The molecule has 160 valence electrons. The summed E-state index contributed by atoms with van der Waals surface area (Å²) in [5.41, 5.74) is -0.456. The van der Waals surface area contributed by atoms with Gasteiger partial charge < -0.3 is 14.7 Å². The zero-order chi connectivity index (χ0) is 22.2. The van der Waals surface area contributed by atoms with Gasteiger partial charge >= 0.3 is 0 Å². The van der Waals surface area contributed by atoms with Gasteiger partial charge in [0.25, 0.3) is 5.91 Å². The van der Waals surface area contributed by atoms with E-state index in [9.17, 15) is 23.6 Å². The molecule has 1 saturated heterocycles. The second-order valence-electron chi connectivity index (χ2n) is 7.71. The Balaban J connectivity index is 2.04. The fraction of sp³-hybridized carbons (Fsp3) is 0.381. The van der Waals surface area contributed by atoms with Crippen molar-refractivity contribution in [3.8, 4) is 5.75 Å². The second kappa shape index (κ2) is 7.98. The number of pyridine rings is 1. The first-order valence-corrected chi connectivity index (χ1v) is 9.25. The van der Waals surface area contributed by atoms with Crippen molar-refractivity contribution in [3.05, 3.63) is 58.7 Å². The largest absolute Gasteiger partial charge is 0.493 e. The Morgan fingerprint density at radius 1 is 1.30 bits per heavy atom. The van der Waals surface area contributed by atoms with E-state index in [1.165, 1.54) is 38.4 Å². The number of amides is 1. The first-order valence-electron chi connectivity index (χ1n) is 9.25. The third-order valence-corrected chi connectivity index (χ3v) is 4.97. The molecule has 3 rings (SSSR count). The highest BCUT2D eigenvalue weighted by Crippen LogP contribution is 2.45. The smallest absolute Gasteiger partial charge is 0.275 e. The zero-order valence-corrected chi connectivity index (χ0v) is 17.0. The summed E-state index contributed by atoms with van der Waals surface area (Å²) >= 11 is 0. The predicted molar refractivity (Wildman–Crippen MR) is 101 cm³/mol. The van der Waals surface area contributed by atoms with Gasteiger partial charge in [0.05, 0.1) is 18.1 Å². The Hall–Kier alpha value is -3.07. The molecule has 7 nitrogen and oxygen atoms in total. The van der Waals surface area contributed by atoms with Crippen molar-refractivity contribution in [3.63, 3.8) is 0 Å². The molecule has 0 unspecified atom stereocenters. The molecule has 30 heavy (non-hydrogen) atoms. The van der Waals surface area contributed by atoms with Gasteiger partial charge in [0, 0.05) is 24.6 Å². The molecule has 0 spiro atoms. The Bertz CT molecular complexity index is 1080. The van der Waals surface area contributed by atoms with Crippen LogP contribution < -0.4 is 10.1 Å². The average Bonchev–Trinajstić information content (AvgIpc) is 3.00. The van der Waals surface area contributed by atoms with Gasteiger partial charge in [-0.1, -0.05) is 6.07 Å². The summed E-state index contributed by atoms with van der Waals surface area (Å²) < 4.78 is 39.5. The minimum absolute atomic E-state index is 0.0458. The van der Waals surface area contributed by atoms with Crippen molar-refractivity contribution >= 4 is 11.7 Å². The van der Waals surface area contributed by atoms with Crippen LogP contribution >= 0.6 is 0 Å². The van der Waals surface area contributed by atoms with Gasteiger partial charge in [-0.3, -0.25) is 9.59 Å². The number of nitrogens with zero attached hydrogens (tertiary/aromatic N) is 2. The van der Waals surface area contributed by atoms with E-state index in [1.54, 1.807) is 13.8 Å². The van der Waals surface area contributed by atoms with Gasteiger partial charge in [0.15, 0.2) is 17.3 Å². The van der Waals surface area contributed by atoms with Crippen molar-refractivity contribution in [2.75, 3.05) is 7.11 Å². The number of Topliss-reactive ketones (excluding diaryl/α,β-unsaturated/α-hetero) is 1. The highest BCUT2D eigenvalue weighted by molar-refractivity contribution is 5.92. The molecular formula is C21H22F2N2O5. The number of ether oxygens (including phenoxy) is 2. The lowest BCUT2D eigenvalue weighted by Gasteiger charge is -2.19. The van der Waals surface area contributed by atoms with Crippen LogP contribution in [0, 0.1) is 11.6 Å². The molecule has 0 bridgehead atoms. The molecule has 0 saturated carbocycles. The maximum Gasteiger partial charge on any atom is 0.275 e. The predicted octanol–water partition coefficient (Wildman–Crippen LogP) is 2.99. The summed E-state index contributed by atoms with van der Waals surface area (Å²) in [6.07, 6.45) is 0.476. The number of methoxy groups -OCH3 is 1. The molecule has 1 amide bonds. The molecule has 2 atom stereocenters. The van der Waals surface area contributed by atoms with Crippen molar-refractivity contribution in [2.24, 2.45) is 4.99 Å². The number of carbonyl (C=O) groups is 2. The topological polar surface area (TPSA) is 90.1 Å². The average molecular weight is 420 g/mol. The van der Waals surface area contributed by atoms with Crippen molar-refractivity contribution < 1.29 is 33.1 Å². The minimum Gasteiger partial charge on any atom is -0.493 e. The van der Waals surface area contributed by atoms with E-state index in [0.29, 0.717) is 16.7 Å². The number of aromatic nitrogens is 1. The maximum atomic E-state index is 14.2. The van der Waals surface area contributed by atoms with Gasteiger partial charge in [0.1, 0.15) is 11.8 Å². The van der Waals surface area contributed by atoms with Crippen LogP contribution in [0.4, 0.5) is 8.78 Å². The second-order valence-corrected chi connectivity index (χ2v) is 7.71. The van der Waals surface area contributed by atoms with Crippen LogP contribution in [-0.4, -0.2) is 40.4 Å². The molecule has 0 radical (unpaired) electrons. The van der Waals surface area contributed by atoms with Gasteiger partial charge in [0.2, 0.25) is 5.82 Å². The number of halogens is 2. The van der Waals surface area contributed by atoms with Gasteiger partial charge in [-0.2, -0.15) is 9.12 Å². The third kappa shape index (κ3) is 4.11. The van der Waals surface area contributed by atoms with Crippen molar-refractivity contribution in [1.82, 2.24) is 4.73 Å². The summed E-state index contributed by atoms with van der Waals surface area (Å²) in [7, 11) is 1.22. The quantitative estimate of drug-likeness (QED) is 0.607. The molecule has 1 aliphatic heterocycles. The summed E-state index contributed by atoms with van der Waals surface area (Å²) in [5.74, 6) is -4.16. The Morgan fingerprint density at radius 3 is 2.63 bits per heavy atom. The monoisotopic (exact) mass is 420 g/mol. The van der Waals surface area contributed by atoms with Crippen LogP contribution in [0.15, 0.2) is 35.5 Å². The number of carbonyl (C=O) groups excluding carboxylic acids is 2. The number of hydrogen-bond acceptors (Lipinski definition) is 5. The number of benzene rings is 1. The number of ketones is 1. The summed E-state index contributed by atoms with van der Waals surface area (Å²) in [6, 6.07) is 4.98. The van der Waals surface area contributed by atoms with Crippen LogP contribution in [0.1, 0.15) is 49.2 Å². The molecular weight excluding hydrogens is 398 g/mol. The fourth-order valence-corrected chi connectivity index (χ4v) is 3.66. The Labute approximate surface area is 171 Å². The summed E-state index contributed by atoms with van der Waals surface area (Å²) in [5, 5.41) is 9.83. The van der Waals surface area contributed by atoms with E-state index in [4.69, 9.17) is 9.47 Å². The Morgan fingerprint density at radius 2 is 2.00 bits per heavy atom. The van der Waals surface area contributed by atoms with E-state index in [1.807, 2.05) is 0 Å². The van der Waals surface area contributed by atoms with E-state index < -0.39 is 40.9 Å². The zero-order valence-electron chi connectivity index (χ0n) is 17.0. The lowest BCUT2D eigenvalue weighted by atomic mass is 9.87. The van der Waals surface area contributed by atoms with E-state index in [2.05, 4.69) is 4.99 Å². The molecule has 2 aromatic rings. The van der Waals surface area contributed by atoms with Crippen LogP contribution in [-0.2, 0) is 9.53 Å². The SMILES string of the molecule is COc1c([C@H]2CC(C)(C)O[C@@H]2C(=O)N=c2ccn(O)c(C(C)=O)c2)ccc(F)c1F. The van der Waals surface area contributed by atoms with Crippen molar-refractivity contribution in [1.29, 1.82) is 0 Å². The first kappa shape index (κ1) is 21.6. The van der Waals surface area contributed by atoms with E-state index in [-0.39, 0.29) is 16.8 Å². The molecule has 9 heteroatoms. The van der Waals surface area contributed by atoms with Crippen LogP contribution in [0.5, 0.6) is 5.75 Å². The van der Waals surface area contributed by atoms with Gasteiger partial charge in [-0.25, -0.2) is 9.38 Å². The molecule has 1 aliphatic rings. The highest BCUT2D eigenvalue weighted by atomic mass is 19.2. The van der Waals surface area contributed by atoms with Gasteiger partial charge in [-0.05, 0) is 38.5 Å². The third-order valence-electron chi connectivity index (χ3n) is 4.97. The van der Waals surface area contributed by atoms with E-state index >= 15 is 0 Å². The fourth-order valence-electron chi connectivity index (χ4n) is 3.66. The molecule has 1 N–H and O–H groups in total. The number of rotatable bonds is 4. The minimum atomic E-state index is -1.13. The van der Waals surface area contributed by atoms with Crippen LogP contribution in [0.3, 0.4) is 0 Å². The molecule has 0 aliphatic carbocycles. The van der Waals surface area contributed by atoms with Gasteiger partial charge in [-0.15, -0.1) is 0 Å². The summed E-state index contributed by atoms with van der Waals surface area (Å²) in [4.78, 5) is 28.6. The van der Waals surface area contributed by atoms with Crippen LogP contribution in [0.25, 0.3) is 0 Å². The lowest BCUT2D eigenvalue weighted by Crippen LogP contribution is -2.28. The maximum absolute atomic E-state index is 14.2. The van der Waals surface area contributed by atoms with E-state index in [0.717, 1.165) is 6.07 Å². The van der Waals surface area contributed by atoms with Crippen molar-refractivity contribution in [2.45, 2.75) is 44.8 Å². The normalized spacial score (nSPS) is 20.9. The first-order chi connectivity index (χ1) is 14.0. The highest BCUT2D eigenvalue weighted by Gasteiger charge is 2.46.